The van der Waals surface area contributed by atoms with Gasteiger partial charge in [-0.05, 0) is 66.7 Å². The van der Waals surface area contributed by atoms with Gasteiger partial charge in [0.15, 0.2) is 0 Å². The Labute approximate surface area is 182 Å². The molecule has 1 saturated carbocycles. The van der Waals surface area contributed by atoms with Gasteiger partial charge in [-0.15, -0.1) is 0 Å². The molecule has 2 bridgehead atoms. The standard InChI is InChI=1S/C26H33N2OP/c1-17(2)22-16-29-26(27-22)25-20-13-14-21(15-20)28(25)30(23-11-7-5-9-18(23)3)24-12-8-6-10-19(24)4/h5-12,17,20-22,25H,13-16H2,1-4H3/t20-,21+,22-,25?/m1/s1. The highest BCUT2D eigenvalue weighted by Gasteiger charge is 2.53. The van der Waals surface area contributed by atoms with E-state index in [1.54, 1.807) is 0 Å². The van der Waals surface area contributed by atoms with Crippen LogP contribution in [0.4, 0.5) is 0 Å². The Morgan fingerprint density at radius 1 is 0.967 bits per heavy atom. The topological polar surface area (TPSA) is 24.8 Å². The Kier molecular flexibility index (Phi) is 5.45. The molecule has 0 spiro atoms. The fraction of sp³-hybridized carbons (Fsp3) is 0.500. The molecule has 4 heteroatoms. The number of fused-ring (bicyclic) bond motifs is 2. The van der Waals surface area contributed by atoms with E-state index in [4.69, 9.17) is 9.73 Å². The maximum absolute atomic E-state index is 6.29. The zero-order valence-electron chi connectivity index (χ0n) is 18.6. The van der Waals surface area contributed by atoms with Crippen molar-refractivity contribution in [3.8, 4) is 0 Å². The van der Waals surface area contributed by atoms with E-state index in [1.807, 2.05) is 0 Å². The van der Waals surface area contributed by atoms with Gasteiger partial charge in [-0.1, -0.05) is 62.4 Å². The van der Waals surface area contributed by atoms with Crippen LogP contribution >= 0.6 is 8.07 Å². The summed E-state index contributed by atoms with van der Waals surface area (Å²) in [6, 6.07) is 19.3. The van der Waals surface area contributed by atoms with E-state index in [0.29, 0.717) is 30.0 Å². The molecule has 1 aliphatic carbocycles. The number of hydrogen-bond acceptors (Lipinski definition) is 3. The zero-order chi connectivity index (χ0) is 20.8. The van der Waals surface area contributed by atoms with E-state index < -0.39 is 8.07 Å². The summed E-state index contributed by atoms with van der Waals surface area (Å²) in [4.78, 5) is 5.12. The zero-order valence-corrected chi connectivity index (χ0v) is 19.5. The second-order valence-electron chi connectivity index (χ2n) is 9.53. The van der Waals surface area contributed by atoms with Crippen LogP contribution in [0.1, 0.15) is 44.2 Å². The van der Waals surface area contributed by atoms with Gasteiger partial charge in [0.25, 0.3) is 0 Å². The number of hydrogen-bond donors (Lipinski definition) is 0. The van der Waals surface area contributed by atoms with E-state index in [-0.39, 0.29) is 0 Å². The lowest BCUT2D eigenvalue weighted by molar-refractivity contribution is 0.241. The van der Waals surface area contributed by atoms with Crippen molar-refractivity contribution < 1.29 is 4.74 Å². The number of ether oxygens (including phenoxy) is 1. The van der Waals surface area contributed by atoms with Crippen molar-refractivity contribution in [2.24, 2.45) is 16.8 Å². The molecular weight excluding hydrogens is 387 g/mol. The molecule has 0 amide bonds. The molecule has 0 N–H and O–H groups in total. The van der Waals surface area contributed by atoms with Crippen molar-refractivity contribution in [2.75, 3.05) is 6.61 Å². The highest BCUT2D eigenvalue weighted by Crippen LogP contribution is 2.55. The van der Waals surface area contributed by atoms with Crippen LogP contribution in [0.25, 0.3) is 0 Å². The van der Waals surface area contributed by atoms with Crippen molar-refractivity contribution in [2.45, 2.75) is 65.1 Å². The minimum atomic E-state index is -0.621. The molecule has 0 aromatic heterocycles. The van der Waals surface area contributed by atoms with Gasteiger partial charge in [0.1, 0.15) is 6.61 Å². The van der Waals surface area contributed by atoms with Gasteiger partial charge in [-0.3, -0.25) is 4.67 Å². The molecule has 30 heavy (non-hydrogen) atoms. The lowest BCUT2D eigenvalue weighted by Crippen LogP contribution is -2.46. The van der Waals surface area contributed by atoms with E-state index in [1.165, 1.54) is 41.0 Å². The lowest BCUT2D eigenvalue weighted by atomic mass is 10.00. The Bertz CT molecular complexity index is 910. The largest absolute Gasteiger partial charge is 0.478 e. The van der Waals surface area contributed by atoms with Crippen LogP contribution < -0.4 is 10.6 Å². The summed E-state index contributed by atoms with van der Waals surface area (Å²) in [5.74, 6) is 2.23. The molecular formula is C26H33N2OP. The number of piperidine rings is 1. The lowest BCUT2D eigenvalue weighted by Gasteiger charge is -2.41. The van der Waals surface area contributed by atoms with Gasteiger partial charge in [-0.2, -0.15) is 0 Å². The number of benzene rings is 2. The summed E-state index contributed by atoms with van der Waals surface area (Å²) < 4.78 is 9.14. The van der Waals surface area contributed by atoms with Crippen LogP contribution in [0.5, 0.6) is 0 Å². The normalized spacial score (nSPS) is 28.4. The number of aryl methyl sites for hydroxylation is 2. The third-order valence-electron chi connectivity index (χ3n) is 7.19. The van der Waals surface area contributed by atoms with E-state index >= 15 is 0 Å². The molecule has 3 nitrogen and oxygen atoms in total. The molecule has 2 aliphatic heterocycles. The summed E-state index contributed by atoms with van der Waals surface area (Å²) in [5, 5.41) is 2.97. The third-order valence-corrected chi connectivity index (χ3v) is 10.1. The van der Waals surface area contributed by atoms with Crippen LogP contribution in [-0.4, -0.2) is 35.3 Å². The van der Waals surface area contributed by atoms with E-state index in [0.717, 1.165) is 12.5 Å². The fourth-order valence-electron chi connectivity index (χ4n) is 5.46. The van der Waals surface area contributed by atoms with Crippen LogP contribution in [-0.2, 0) is 4.74 Å². The van der Waals surface area contributed by atoms with Crippen LogP contribution in [0.3, 0.4) is 0 Å². The number of nitrogens with zero attached hydrogens (tertiary/aromatic N) is 2. The summed E-state index contributed by atoms with van der Waals surface area (Å²) in [6.45, 7) is 9.80. The van der Waals surface area contributed by atoms with Crippen LogP contribution in [0, 0.1) is 25.7 Å². The number of aliphatic imine (C=N–C) groups is 1. The summed E-state index contributed by atoms with van der Waals surface area (Å²) in [6.07, 6.45) is 3.90. The van der Waals surface area contributed by atoms with E-state index in [9.17, 15) is 0 Å². The van der Waals surface area contributed by atoms with Gasteiger partial charge >= 0.3 is 0 Å². The fourth-order valence-corrected chi connectivity index (χ4v) is 8.56. The van der Waals surface area contributed by atoms with Gasteiger partial charge in [0.05, 0.1) is 12.1 Å². The highest BCUT2D eigenvalue weighted by molar-refractivity contribution is 7.71. The SMILES string of the molecule is Cc1ccccc1P(c1ccccc1C)N1C(C2=N[C@@H](C(C)C)CO2)[C@@H]2CC[C@H]1C2. The van der Waals surface area contributed by atoms with Crippen molar-refractivity contribution in [3.05, 3.63) is 59.7 Å². The average molecular weight is 421 g/mol. The quantitative estimate of drug-likeness (QED) is 0.639. The van der Waals surface area contributed by atoms with Gasteiger partial charge < -0.3 is 4.74 Å². The van der Waals surface area contributed by atoms with Crippen molar-refractivity contribution in [3.63, 3.8) is 0 Å². The minimum absolute atomic E-state index is 0.309. The summed E-state index contributed by atoms with van der Waals surface area (Å²) in [5.41, 5.74) is 2.78. The maximum Gasteiger partial charge on any atom is 0.202 e. The van der Waals surface area contributed by atoms with Crippen molar-refractivity contribution in [1.82, 2.24) is 4.67 Å². The molecule has 4 atom stereocenters. The number of rotatable bonds is 5. The van der Waals surface area contributed by atoms with Crippen LogP contribution in [0.2, 0.25) is 0 Å². The minimum Gasteiger partial charge on any atom is -0.478 e. The Morgan fingerprint density at radius 2 is 1.60 bits per heavy atom. The molecule has 1 saturated heterocycles. The van der Waals surface area contributed by atoms with Gasteiger partial charge in [0, 0.05) is 14.1 Å². The van der Waals surface area contributed by atoms with Gasteiger partial charge in [0.2, 0.25) is 5.90 Å². The molecule has 2 aromatic carbocycles. The summed E-state index contributed by atoms with van der Waals surface area (Å²) in [7, 11) is -0.621. The summed E-state index contributed by atoms with van der Waals surface area (Å²) >= 11 is 0. The Hall–Kier alpha value is -1.70. The molecule has 2 heterocycles. The molecule has 0 radical (unpaired) electrons. The van der Waals surface area contributed by atoms with Crippen LogP contribution in [0.15, 0.2) is 53.5 Å². The monoisotopic (exact) mass is 420 g/mol. The first-order chi connectivity index (χ1) is 14.5. The third kappa shape index (κ3) is 3.41. The Balaban J connectivity index is 1.62. The second kappa shape index (κ2) is 8.09. The molecule has 5 rings (SSSR count). The predicted molar refractivity (Wildman–Crippen MR) is 127 cm³/mol. The average Bonchev–Trinajstić information content (AvgIpc) is 3.47. The smallest absolute Gasteiger partial charge is 0.202 e. The highest BCUT2D eigenvalue weighted by atomic mass is 31.1. The molecule has 3 aliphatic rings. The van der Waals surface area contributed by atoms with Gasteiger partial charge in [-0.25, -0.2) is 4.99 Å². The molecule has 2 fully saturated rings. The first kappa shape index (κ1) is 20.2. The second-order valence-corrected chi connectivity index (χ2v) is 11.6. The first-order valence-corrected chi connectivity index (χ1v) is 12.7. The molecule has 1 unspecified atom stereocenters. The van der Waals surface area contributed by atoms with E-state index in [2.05, 4.69) is 80.9 Å². The Morgan fingerprint density at radius 3 is 2.17 bits per heavy atom. The maximum atomic E-state index is 6.29. The predicted octanol–water partition coefficient (Wildman–Crippen LogP) is 4.96. The van der Waals surface area contributed by atoms with Crippen molar-refractivity contribution >= 4 is 24.6 Å². The molecule has 158 valence electrons. The van der Waals surface area contributed by atoms with Crippen molar-refractivity contribution in [1.29, 1.82) is 0 Å². The first-order valence-electron chi connectivity index (χ1n) is 11.4. The molecule has 2 aromatic rings.